The second-order valence-electron chi connectivity index (χ2n) is 6.56. The summed E-state index contributed by atoms with van der Waals surface area (Å²) in [6.07, 6.45) is 0.933. The first-order valence-electron chi connectivity index (χ1n) is 8.99. The first-order chi connectivity index (χ1) is 13.2. The van der Waals surface area contributed by atoms with Crippen LogP contribution in [0.15, 0.2) is 53.4 Å². The highest BCUT2D eigenvalue weighted by molar-refractivity contribution is 7.89. The van der Waals surface area contributed by atoms with E-state index < -0.39 is 10.0 Å². The van der Waals surface area contributed by atoms with Crippen molar-refractivity contribution >= 4 is 38.9 Å². The standard InChI is InChI=1S/C20H25N3O3S2/c1-4-15(3)23-28(25,26)18-11-9-17(10-12-18)21-20(27)22-19(24)13-16-8-6-5-7-14(16)2/h5-12,15,23H,4,13H2,1-3H3,(H2,21,22,24,27). The monoisotopic (exact) mass is 419 g/mol. The number of sulfonamides is 1. The lowest BCUT2D eigenvalue weighted by atomic mass is 10.1. The van der Waals surface area contributed by atoms with E-state index in [-0.39, 0.29) is 28.4 Å². The molecule has 0 fully saturated rings. The number of hydrogen-bond donors (Lipinski definition) is 3. The van der Waals surface area contributed by atoms with Gasteiger partial charge in [-0.1, -0.05) is 31.2 Å². The molecule has 0 heterocycles. The van der Waals surface area contributed by atoms with E-state index >= 15 is 0 Å². The van der Waals surface area contributed by atoms with Gasteiger partial charge >= 0.3 is 0 Å². The van der Waals surface area contributed by atoms with Crippen LogP contribution in [0.25, 0.3) is 0 Å². The van der Waals surface area contributed by atoms with Gasteiger partial charge in [-0.3, -0.25) is 4.79 Å². The Bertz CT molecular complexity index is 941. The number of rotatable bonds is 7. The Morgan fingerprint density at radius 3 is 2.36 bits per heavy atom. The van der Waals surface area contributed by atoms with Crippen LogP contribution in [0.2, 0.25) is 0 Å². The van der Waals surface area contributed by atoms with Crippen LogP contribution in [0.4, 0.5) is 5.69 Å². The van der Waals surface area contributed by atoms with Crippen LogP contribution in [0.5, 0.6) is 0 Å². The van der Waals surface area contributed by atoms with Gasteiger partial charge in [-0.15, -0.1) is 0 Å². The van der Waals surface area contributed by atoms with Crippen molar-refractivity contribution in [3.63, 3.8) is 0 Å². The molecular formula is C20H25N3O3S2. The number of carbonyl (C=O) groups is 1. The van der Waals surface area contributed by atoms with Gasteiger partial charge in [-0.2, -0.15) is 0 Å². The molecule has 0 aromatic heterocycles. The molecule has 2 aromatic rings. The largest absolute Gasteiger partial charge is 0.332 e. The lowest BCUT2D eigenvalue weighted by molar-refractivity contribution is -0.119. The SMILES string of the molecule is CCC(C)NS(=O)(=O)c1ccc(NC(=S)NC(=O)Cc2ccccc2C)cc1. The van der Waals surface area contributed by atoms with E-state index in [2.05, 4.69) is 15.4 Å². The van der Waals surface area contributed by atoms with Crippen molar-refractivity contribution in [2.24, 2.45) is 0 Å². The van der Waals surface area contributed by atoms with Gasteiger partial charge in [0.25, 0.3) is 0 Å². The van der Waals surface area contributed by atoms with E-state index in [4.69, 9.17) is 12.2 Å². The second kappa shape index (κ2) is 9.77. The highest BCUT2D eigenvalue weighted by Gasteiger charge is 2.16. The minimum atomic E-state index is -3.55. The number of hydrogen-bond acceptors (Lipinski definition) is 4. The van der Waals surface area contributed by atoms with Gasteiger partial charge in [0.15, 0.2) is 5.11 Å². The third-order valence-corrected chi connectivity index (χ3v) is 6.07. The maximum Gasteiger partial charge on any atom is 0.240 e. The smallest absolute Gasteiger partial charge is 0.240 e. The molecule has 1 atom stereocenters. The van der Waals surface area contributed by atoms with Crippen LogP contribution in [0.3, 0.4) is 0 Å². The average molecular weight is 420 g/mol. The van der Waals surface area contributed by atoms with Gasteiger partial charge < -0.3 is 10.6 Å². The van der Waals surface area contributed by atoms with E-state index in [0.29, 0.717) is 12.1 Å². The van der Waals surface area contributed by atoms with Crippen LogP contribution < -0.4 is 15.4 Å². The Hall–Kier alpha value is -2.29. The molecular weight excluding hydrogens is 394 g/mol. The second-order valence-corrected chi connectivity index (χ2v) is 8.68. The molecule has 0 saturated carbocycles. The lowest BCUT2D eigenvalue weighted by Crippen LogP contribution is -2.35. The summed E-state index contributed by atoms with van der Waals surface area (Å²) in [5.74, 6) is -0.219. The van der Waals surface area contributed by atoms with Gasteiger partial charge in [-0.05, 0) is 67.9 Å². The van der Waals surface area contributed by atoms with Gasteiger partial charge in [0.2, 0.25) is 15.9 Å². The van der Waals surface area contributed by atoms with Crippen molar-refractivity contribution < 1.29 is 13.2 Å². The lowest BCUT2D eigenvalue weighted by Gasteiger charge is -2.13. The number of aryl methyl sites for hydroxylation is 1. The van der Waals surface area contributed by atoms with E-state index in [1.807, 2.05) is 45.0 Å². The van der Waals surface area contributed by atoms with Gasteiger partial charge in [0.05, 0.1) is 11.3 Å². The molecule has 3 N–H and O–H groups in total. The average Bonchev–Trinajstić information content (AvgIpc) is 2.63. The summed E-state index contributed by atoms with van der Waals surface area (Å²) < 4.78 is 27.1. The molecule has 0 aliphatic carbocycles. The van der Waals surface area contributed by atoms with Crippen LogP contribution in [-0.2, 0) is 21.2 Å². The maximum absolute atomic E-state index is 12.3. The minimum absolute atomic E-state index is 0.140. The Kier molecular flexibility index (Phi) is 7.68. The number of carbonyl (C=O) groups excluding carboxylic acids is 1. The highest BCUT2D eigenvalue weighted by Crippen LogP contribution is 2.15. The van der Waals surface area contributed by atoms with E-state index in [1.165, 1.54) is 12.1 Å². The molecule has 28 heavy (non-hydrogen) atoms. The number of nitrogens with one attached hydrogen (secondary N) is 3. The topological polar surface area (TPSA) is 87.3 Å². The fraction of sp³-hybridized carbons (Fsp3) is 0.300. The van der Waals surface area contributed by atoms with Crippen molar-refractivity contribution in [3.05, 3.63) is 59.7 Å². The Labute approximate surface area is 171 Å². The first kappa shape index (κ1) is 22.0. The summed E-state index contributed by atoms with van der Waals surface area (Å²) in [7, 11) is -3.55. The van der Waals surface area contributed by atoms with Crippen LogP contribution in [-0.4, -0.2) is 25.5 Å². The van der Waals surface area contributed by atoms with Crippen molar-refractivity contribution in [1.29, 1.82) is 0 Å². The van der Waals surface area contributed by atoms with E-state index in [9.17, 15) is 13.2 Å². The minimum Gasteiger partial charge on any atom is -0.332 e. The number of amides is 1. The number of benzene rings is 2. The molecule has 1 unspecified atom stereocenters. The Morgan fingerprint density at radius 1 is 1.11 bits per heavy atom. The number of anilines is 1. The third-order valence-electron chi connectivity index (χ3n) is 4.26. The quantitative estimate of drug-likeness (QED) is 0.600. The van der Waals surface area contributed by atoms with Crippen LogP contribution in [0, 0.1) is 6.92 Å². The fourth-order valence-electron chi connectivity index (χ4n) is 2.45. The van der Waals surface area contributed by atoms with Crippen LogP contribution >= 0.6 is 12.2 Å². The zero-order valence-corrected chi connectivity index (χ0v) is 17.8. The zero-order valence-electron chi connectivity index (χ0n) is 16.2. The molecule has 8 heteroatoms. The summed E-state index contributed by atoms with van der Waals surface area (Å²) in [6, 6.07) is 13.7. The fourth-order valence-corrected chi connectivity index (χ4v) is 4.01. The maximum atomic E-state index is 12.3. The van der Waals surface area contributed by atoms with Gasteiger partial charge in [-0.25, -0.2) is 13.1 Å². The summed E-state index contributed by atoms with van der Waals surface area (Å²) in [5, 5.41) is 5.68. The first-order valence-corrected chi connectivity index (χ1v) is 10.9. The molecule has 0 bridgehead atoms. The predicted octanol–water partition coefficient (Wildman–Crippen LogP) is 3.13. The Balaban J connectivity index is 1.93. The Morgan fingerprint density at radius 2 is 1.75 bits per heavy atom. The van der Waals surface area contributed by atoms with Crippen molar-refractivity contribution in [2.45, 2.75) is 44.6 Å². The molecule has 0 radical (unpaired) electrons. The summed E-state index contributed by atoms with van der Waals surface area (Å²) in [4.78, 5) is 12.3. The zero-order chi connectivity index (χ0) is 20.7. The molecule has 0 saturated heterocycles. The number of thiocarbonyl (C=S) groups is 1. The predicted molar refractivity (Wildman–Crippen MR) is 116 cm³/mol. The summed E-state index contributed by atoms with van der Waals surface area (Å²) >= 11 is 5.17. The van der Waals surface area contributed by atoms with Crippen molar-refractivity contribution in [1.82, 2.24) is 10.0 Å². The molecule has 6 nitrogen and oxygen atoms in total. The summed E-state index contributed by atoms with van der Waals surface area (Å²) in [5.41, 5.74) is 2.56. The molecule has 0 aliphatic rings. The highest BCUT2D eigenvalue weighted by atomic mass is 32.2. The van der Waals surface area contributed by atoms with Gasteiger partial charge in [0.1, 0.15) is 0 Å². The summed E-state index contributed by atoms with van der Waals surface area (Å²) in [6.45, 7) is 5.67. The molecule has 0 aliphatic heterocycles. The van der Waals surface area contributed by atoms with E-state index in [1.54, 1.807) is 12.1 Å². The molecule has 2 aromatic carbocycles. The third kappa shape index (κ3) is 6.40. The molecule has 150 valence electrons. The molecule has 1 amide bonds. The van der Waals surface area contributed by atoms with Crippen molar-refractivity contribution in [3.8, 4) is 0 Å². The molecule has 0 spiro atoms. The van der Waals surface area contributed by atoms with Crippen LogP contribution in [0.1, 0.15) is 31.4 Å². The van der Waals surface area contributed by atoms with Gasteiger partial charge in [0, 0.05) is 11.7 Å². The normalized spacial score (nSPS) is 12.2. The molecule has 2 rings (SSSR count). The van der Waals surface area contributed by atoms with Crippen molar-refractivity contribution in [2.75, 3.05) is 5.32 Å². The van der Waals surface area contributed by atoms with E-state index in [0.717, 1.165) is 11.1 Å².